The quantitative estimate of drug-likeness (QED) is 0.676. The predicted molar refractivity (Wildman–Crippen MR) is 69.4 cm³/mol. The molecule has 2 aromatic rings. The standard InChI is InChI=1S/C11H13BrN2OS/c1-6-5-8(7(2)15-6)10(14-13)11-9(12)3-4-16-11/h3-5,10,14H,13H2,1-2H3. The van der Waals surface area contributed by atoms with Crippen molar-refractivity contribution in [2.75, 3.05) is 0 Å². The lowest BCUT2D eigenvalue weighted by atomic mass is 10.1. The zero-order chi connectivity index (χ0) is 11.7. The number of halogens is 1. The van der Waals surface area contributed by atoms with Crippen LogP contribution in [0.2, 0.25) is 0 Å². The van der Waals surface area contributed by atoms with Gasteiger partial charge in [0, 0.05) is 14.9 Å². The van der Waals surface area contributed by atoms with Crippen molar-refractivity contribution in [3.05, 3.63) is 43.9 Å². The smallest absolute Gasteiger partial charge is 0.106 e. The van der Waals surface area contributed by atoms with Crippen molar-refractivity contribution in [3.8, 4) is 0 Å². The van der Waals surface area contributed by atoms with E-state index < -0.39 is 0 Å². The minimum atomic E-state index is -0.0215. The first-order valence-electron chi connectivity index (χ1n) is 4.89. The van der Waals surface area contributed by atoms with Crippen LogP contribution >= 0.6 is 27.3 Å². The van der Waals surface area contributed by atoms with Crippen LogP contribution in [-0.4, -0.2) is 0 Å². The van der Waals surface area contributed by atoms with Crippen LogP contribution in [0, 0.1) is 13.8 Å². The van der Waals surface area contributed by atoms with Gasteiger partial charge in [-0.25, -0.2) is 5.43 Å². The maximum atomic E-state index is 5.64. The normalized spacial score (nSPS) is 13.0. The number of nitrogens with one attached hydrogen (secondary N) is 1. The molecule has 3 nitrogen and oxygen atoms in total. The average molecular weight is 301 g/mol. The third-order valence-corrected chi connectivity index (χ3v) is 4.40. The molecule has 0 aromatic carbocycles. The zero-order valence-corrected chi connectivity index (χ0v) is 11.5. The maximum Gasteiger partial charge on any atom is 0.106 e. The topological polar surface area (TPSA) is 51.2 Å². The summed E-state index contributed by atoms with van der Waals surface area (Å²) in [5.41, 5.74) is 3.92. The van der Waals surface area contributed by atoms with Crippen LogP contribution in [0.4, 0.5) is 0 Å². The van der Waals surface area contributed by atoms with Crippen LogP contribution in [0.25, 0.3) is 0 Å². The molecule has 16 heavy (non-hydrogen) atoms. The Labute approximate surface area is 107 Å². The average Bonchev–Trinajstić information content (AvgIpc) is 2.77. The Hall–Kier alpha value is -0.620. The van der Waals surface area contributed by atoms with E-state index in [1.54, 1.807) is 11.3 Å². The Bertz CT molecular complexity index is 492. The summed E-state index contributed by atoms with van der Waals surface area (Å²) in [4.78, 5) is 1.16. The van der Waals surface area contributed by atoms with E-state index in [-0.39, 0.29) is 6.04 Å². The highest BCUT2D eigenvalue weighted by Gasteiger charge is 2.20. The Morgan fingerprint density at radius 3 is 2.69 bits per heavy atom. The molecular weight excluding hydrogens is 288 g/mol. The summed E-state index contributed by atoms with van der Waals surface area (Å²) in [5.74, 6) is 7.44. The lowest BCUT2D eigenvalue weighted by Crippen LogP contribution is -2.28. The van der Waals surface area contributed by atoms with E-state index in [1.807, 2.05) is 31.4 Å². The molecule has 2 rings (SSSR count). The van der Waals surface area contributed by atoms with Gasteiger partial charge in [-0.2, -0.15) is 0 Å². The van der Waals surface area contributed by atoms with Crippen LogP contribution in [-0.2, 0) is 0 Å². The van der Waals surface area contributed by atoms with Crippen LogP contribution in [0.5, 0.6) is 0 Å². The monoisotopic (exact) mass is 300 g/mol. The first-order chi connectivity index (χ1) is 7.63. The molecule has 0 amide bonds. The highest BCUT2D eigenvalue weighted by molar-refractivity contribution is 9.10. The number of hydrogen-bond acceptors (Lipinski definition) is 4. The molecule has 1 atom stereocenters. The molecule has 0 aliphatic carbocycles. The molecular formula is C11H13BrN2OS. The molecule has 0 aliphatic rings. The lowest BCUT2D eigenvalue weighted by molar-refractivity contribution is 0.495. The molecule has 86 valence electrons. The van der Waals surface area contributed by atoms with Gasteiger partial charge in [-0.15, -0.1) is 11.3 Å². The number of thiophene rings is 1. The largest absolute Gasteiger partial charge is 0.466 e. The summed E-state index contributed by atoms with van der Waals surface area (Å²) in [6.45, 7) is 3.89. The van der Waals surface area contributed by atoms with E-state index in [2.05, 4.69) is 21.4 Å². The van der Waals surface area contributed by atoms with Crippen LogP contribution in [0.15, 0.2) is 26.4 Å². The van der Waals surface area contributed by atoms with Gasteiger partial charge in [0.15, 0.2) is 0 Å². The number of nitrogens with two attached hydrogens (primary N) is 1. The van der Waals surface area contributed by atoms with Crippen LogP contribution in [0.3, 0.4) is 0 Å². The molecule has 0 saturated heterocycles. The van der Waals surface area contributed by atoms with E-state index in [9.17, 15) is 0 Å². The fourth-order valence-electron chi connectivity index (χ4n) is 1.76. The third kappa shape index (κ3) is 2.08. The predicted octanol–water partition coefficient (Wildman–Crippen LogP) is 3.27. The SMILES string of the molecule is Cc1cc(C(NN)c2sccc2Br)c(C)o1. The minimum Gasteiger partial charge on any atom is -0.466 e. The summed E-state index contributed by atoms with van der Waals surface area (Å²) in [6, 6.07) is 4.02. The summed E-state index contributed by atoms with van der Waals surface area (Å²) in [7, 11) is 0. The van der Waals surface area contributed by atoms with Crippen molar-refractivity contribution >= 4 is 27.3 Å². The number of hydrogen-bond donors (Lipinski definition) is 2. The van der Waals surface area contributed by atoms with Gasteiger partial charge in [-0.05, 0) is 47.3 Å². The van der Waals surface area contributed by atoms with Gasteiger partial charge < -0.3 is 4.42 Å². The van der Waals surface area contributed by atoms with Crippen molar-refractivity contribution in [2.24, 2.45) is 5.84 Å². The molecule has 0 spiro atoms. The maximum absolute atomic E-state index is 5.64. The summed E-state index contributed by atoms with van der Waals surface area (Å²) in [6.07, 6.45) is 0. The van der Waals surface area contributed by atoms with E-state index >= 15 is 0 Å². The Kier molecular flexibility index (Phi) is 3.49. The van der Waals surface area contributed by atoms with Gasteiger partial charge in [-0.1, -0.05) is 0 Å². The molecule has 0 radical (unpaired) electrons. The molecule has 0 bridgehead atoms. The van der Waals surface area contributed by atoms with E-state index in [1.165, 1.54) is 0 Å². The number of furan rings is 1. The van der Waals surface area contributed by atoms with Gasteiger partial charge in [0.25, 0.3) is 0 Å². The van der Waals surface area contributed by atoms with E-state index in [4.69, 9.17) is 10.3 Å². The second-order valence-corrected chi connectivity index (χ2v) is 5.40. The number of aryl methyl sites for hydroxylation is 2. The fourth-order valence-corrected chi connectivity index (χ4v) is 3.43. The molecule has 0 aliphatic heterocycles. The summed E-state index contributed by atoms with van der Waals surface area (Å²) < 4.78 is 6.60. The zero-order valence-electron chi connectivity index (χ0n) is 9.08. The summed E-state index contributed by atoms with van der Waals surface area (Å²) in [5, 5.41) is 2.03. The van der Waals surface area contributed by atoms with E-state index in [0.717, 1.165) is 26.4 Å². The second-order valence-electron chi connectivity index (χ2n) is 3.60. The highest BCUT2D eigenvalue weighted by atomic mass is 79.9. The van der Waals surface area contributed by atoms with Crippen molar-refractivity contribution < 1.29 is 4.42 Å². The van der Waals surface area contributed by atoms with Crippen LogP contribution in [0.1, 0.15) is 28.0 Å². The molecule has 1 unspecified atom stereocenters. The van der Waals surface area contributed by atoms with Gasteiger partial charge in [0.05, 0.1) is 6.04 Å². The molecule has 5 heteroatoms. The van der Waals surface area contributed by atoms with Crippen LogP contribution < -0.4 is 11.3 Å². The number of rotatable bonds is 3. The molecule has 3 N–H and O–H groups in total. The Morgan fingerprint density at radius 1 is 1.50 bits per heavy atom. The number of hydrazine groups is 1. The fraction of sp³-hybridized carbons (Fsp3) is 0.273. The second kappa shape index (κ2) is 4.71. The molecule has 2 aromatic heterocycles. The van der Waals surface area contributed by atoms with Gasteiger partial charge in [0.2, 0.25) is 0 Å². The van der Waals surface area contributed by atoms with Gasteiger partial charge in [-0.3, -0.25) is 5.84 Å². The molecule has 0 saturated carbocycles. The Balaban J connectivity index is 2.44. The summed E-state index contributed by atoms with van der Waals surface area (Å²) >= 11 is 5.18. The lowest BCUT2D eigenvalue weighted by Gasteiger charge is -2.14. The molecule has 0 fully saturated rings. The Morgan fingerprint density at radius 2 is 2.25 bits per heavy atom. The third-order valence-electron chi connectivity index (χ3n) is 2.46. The van der Waals surface area contributed by atoms with Crippen molar-refractivity contribution in [1.82, 2.24) is 5.43 Å². The highest BCUT2D eigenvalue weighted by Crippen LogP contribution is 2.34. The first kappa shape index (κ1) is 11.9. The van der Waals surface area contributed by atoms with Crippen molar-refractivity contribution in [2.45, 2.75) is 19.9 Å². The first-order valence-corrected chi connectivity index (χ1v) is 6.56. The van der Waals surface area contributed by atoms with Crippen molar-refractivity contribution in [1.29, 1.82) is 0 Å². The van der Waals surface area contributed by atoms with E-state index in [0.29, 0.717) is 0 Å². The van der Waals surface area contributed by atoms with Crippen molar-refractivity contribution in [3.63, 3.8) is 0 Å². The van der Waals surface area contributed by atoms with Gasteiger partial charge >= 0.3 is 0 Å². The van der Waals surface area contributed by atoms with Gasteiger partial charge in [0.1, 0.15) is 11.5 Å². The minimum absolute atomic E-state index is 0.0215. The molecule has 2 heterocycles.